The van der Waals surface area contributed by atoms with Gasteiger partial charge in [-0.3, -0.25) is 4.79 Å². The van der Waals surface area contributed by atoms with Gasteiger partial charge < -0.3 is 15.3 Å². The smallest absolute Gasteiger partial charge is 0.306 e. The molecule has 0 radical (unpaired) electrons. The molecule has 0 amide bonds. The Labute approximate surface area is 99.7 Å². The summed E-state index contributed by atoms with van der Waals surface area (Å²) in [6.45, 7) is 1.45. The molecule has 1 aliphatic heterocycles. The molecule has 17 heavy (non-hydrogen) atoms. The lowest BCUT2D eigenvalue weighted by Gasteiger charge is -2.30. The molecule has 1 aliphatic rings. The van der Waals surface area contributed by atoms with E-state index >= 15 is 0 Å². The summed E-state index contributed by atoms with van der Waals surface area (Å²) in [5.41, 5.74) is 0. The quantitative estimate of drug-likeness (QED) is 0.809. The van der Waals surface area contributed by atoms with E-state index in [0.717, 1.165) is 24.7 Å². The van der Waals surface area contributed by atoms with Crippen molar-refractivity contribution in [1.82, 2.24) is 10.2 Å². The molecule has 6 nitrogen and oxygen atoms in total. The Hall–Kier alpha value is -1.85. The summed E-state index contributed by atoms with van der Waals surface area (Å²) >= 11 is 0. The van der Waals surface area contributed by atoms with Gasteiger partial charge >= 0.3 is 5.97 Å². The number of carboxylic acids is 1. The SMILES string of the molecule is CNc1ccc(N2CCC(C(=O)O)CC2)nn1. The Balaban J connectivity index is 1.97. The number of rotatable bonds is 3. The van der Waals surface area contributed by atoms with Crippen LogP contribution in [0, 0.1) is 5.92 Å². The summed E-state index contributed by atoms with van der Waals surface area (Å²) in [7, 11) is 1.79. The highest BCUT2D eigenvalue weighted by Crippen LogP contribution is 2.21. The minimum Gasteiger partial charge on any atom is -0.481 e. The number of piperidine rings is 1. The summed E-state index contributed by atoms with van der Waals surface area (Å²) in [6.07, 6.45) is 1.34. The van der Waals surface area contributed by atoms with Gasteiger partial charge in [-0.1, -0.05) is 0 Å². The van der Waals surface area contributed by atoms with Crippen molar-refractivity contribution >= 4 is 17.6 Å². The number of nitrogens with zero attached hydrogens (tertiary/aromatic N) is 3. The number of nitrogens with one attached hydrogen (secondary N) is 1. The number of aromatic nitrogens is 2. The molecule has 0 saturated carbocycles. The first-order valence-corrected chi connectivity index (χ1v) is 5.70. The van der Waals surface area contributed by atoms with E-state index in [4.69, 9.17) is 5.11 Å². The van der Waals surface area contributed by atoms with Crippen molar-refractivity contribution in [2.45, 2.75) is 12.8 Å². The third-order valence-corrected chi connectivity index (χ3v) is 3.07. The predicted molar refractivity (Wildman–Crippen MR) is 64.2 cm³/mol. The molecule has 0 aliphatic carbocycles. The van der Waals surface area contributed by atoms with Crippen LogP contribution in [0.5, 0.6) is 0 Å². The second kappa shape index (κ2) is 4.99. The fourth-order valence-corrected chi connectivity index (χ4v) is 1.98. The van der Waals surface area contributed by atoms with Crippen molar-refractivity contribution in [3.63, 3.8) is 0 Å². The van der Waals surface area contributed by atoms with Crippen molar-refractivity contribution in [2.24, 2.45) is 5.92 Å². The molecule has 0 bridgehead atoms. The Kier molecular flexibility index (Phi) is 3.41. The zero-order chi connectivity index (χ0) is 12.3. The van der Waals surface area contributed by atoms with Crippen LogP contribution in [-0.2, 0) is 4.79 Å². The number of carboxylic acid groups (broad SMARTS) is 1. The van der Waals surface area contributed by atoms with Crippen LogP contribution in [0.2, 0.25) is 0 Å². The Bertz CT molecular complexity index is 385. The highest BCUT2D eigenvalue weighted by Gasteiger charge is 2.25. The normalized spacial score (nSPS) is 16.9. The molecular formula is C11H16N4O2. The molecule has 0 spiro atoms. The zero-order valence-corrected chi connectivity index (χ0v) is 9.76. The minimum absolute atomic E-state index is 0.212. The first-order chi connectivity index (χ1) is 8.20. The van der Waals surface area contributed by atoms with E-state index < -0.39 is 5.97 Å². The van der Waals surface area contributed by atoms with Gasteiger partial charge in [0.2, 0.25) is 0 Å². The predicted octanol–water partition coefficient (Wildman–Crippen LogP) is 0.819. The number of hydrogen-bond donors (Lipinski definition) is 2. The minimum atomic E-state index is -0.693. The fraction of sp³-hybridized carbons (Fsp3) is 0.545. The van der Waals surface area contributed by atoms with Crippen molar-refractivity contribution in [3.8, 4) is 0 Å². The summed E-state index contributed by atoms with van der Waals surface area (Å²) in [5, 5.41) is 19.9. The van der Waals surface area contributed by atoms with E-state index in [1.54, 1.807) is 7.05 Å². The lowest BCUT2D eigenvalue weighted by Crippen LogP contribution is -2.36. The molecule has 0 unspecified atom stereocenters. The van der Waals surface area contributed by atoms with E-state index in [1.165, 1.54) is 0 Å². The summed E-state index contributed by atoms with van der Waals surface area (Å²) < 4.78 is 0. The average Bonchev–Trinajstić information content (AvgIpc) is 2.39. The number of anilines is 2. The van der Waals surface area contributed by atoms with Crippen molar-refractivity contribution < 1.29 is 9.90 Å². The highest BCUT2D eigenvalue weighted by atomic mass is 16.4. The average molecular weight is 236 g/mol. The molecule has 1 aromatic heterocycles. The maximum Gasteiger partial charge on any atom is 0.306 e. The van der Waals surface area contributed by atoms with E-state index in [0.29, 0.717) is 12.8 Å². The van der Waals surface area contributed by atoms with E-state index in [1.807, 2.05) is 12.1 Å². The van der Waals surface area contributed by atoms with Crippen LogP contribution in [0.25, 0.3) is 0 Å². The second-order valence-corrected chi connectivity index (χ2v) is 4.13. The van der Waals surface area contributed by atoms with Gasteiger partial charge in [0.15, 0.2) is 5.82 Å². The topological polar surface area (TPSA) is 78.4 Å². The van der Waals surface area contributed by atoms with Gasteiger partial charge in [-0.25, -0.2) is 0 Å². The molecule has 2 rings (SSSR count). The van der Waals surface area contributed by atoms with Crippen molar-refractivity contribution in [1.29, 1.82) is 0 Å². The number of carbonyl (C=O) groups is 1. The maximum atomic E-state index is 10.8. The van der Waals surface area contributed by atoms with Crippen LogP contribution >= 0.6 is 0 Å². The fourth-order valence-electron chi connectivity index (χ4n) is 1.98. The highest BCUT2D eigenvalue weighted by molar-refractivity contribution is 5.70. The molecule has 6 heteroatoms. The van der Waals surface area contributed by atoms with Crippen LogP contribution in [0.3, 0.4) is 0 Å². The van der Waals surface area contributed by atoms with Crippen LogP contribution in [0.1, 0.15) is 12.8 Å². The van der Waals surface area contributed by atoms with Crippen molar-refractivity contribution in [2.75, 3.05) is 30.4 Å². The first kappa shape index (κ1) is 11.6. The third kappa shape index (κ3) is 2.64. The molecule has 1 fully saturated rings. The van der Waals surface area contributed by atoms with Gasteiger partial charge in [0.1, 0.15) is 5.82 Å². The van der Waals surface area contributed by atoms with Crippen molar-refractivity contribution in [3.05, 3.63) is 12.1 Å². The number of hydrogen-bond acceptors (Lipinski definition) is 5. The van der Waals surface area contributed by atoms with Gasteiger partial charge in [-0.2, -0.15) is 0 Å². The zero-order valence-electron chi connectivity index (χ0n) is 9.76. The summed E-state index contributed by atoms with van der Waals surface area (Å²) in [5.74, 6) is 0.638. The Morgan fingerprint density at radius 1 is 1.41 bits per heavy atom. The molecule has 1 aromatic rings. The van der Waals surface area contributed by atoms with Gasteiger partial charge in [0, 0.05) is 20.1 Å². The van der Waals surface area contributed by atoms with E-state index in [2.05, 4.69) is 20.4 Å². The molecule has 2 N–H and O–H groups in total. The lowest BCUT2D eigenvalue weighted by molar-refractivity contribution is -0.142. The van der Waals surface area contributed by atoms with Crippen LogP contribution in [0.4, 0.5) is 11.6 Å². The first-order valence-electron chi connectivity index (χ1n) is 5.70. The summed E-state index contributed by atoms with van der Waals surface area (Å²) in [6, 6.07) is 3.77. The standard InChI is InChI=1S/C11H16N4O2/c1-12-9-2-3-10(14-13-9)15-6-4-8(5-7-15)11(16)17/h2-3,8H,4-7H2,1H3,(H,12,13)(H,16,17). The largest absolute Gasteiger partial charge is 0.481 e. The second-order valence-electron chi connectivity index (χ2n) is 4.13. The third-order valence-electron chi connectivity index (χ3n) is 3.07. The molecule has 0 aromatic carbocycles. The molecule has 92 valence electrons. The number of aliphatic carboxylic acids is 1. The van der Waals surface area contributed by atoms with Gasteiger partial charge in [0.05, 0.1) is 5.92 Å². The van der Waals surface area contributed by atoms with Crippen LogP contribution in [-0.4, -0.2) is 41.4 Å². The van der Waals surface area contributed by atoms with Gasteiger partial charge in [0.25, 0.3) is 0 Å². The molecule has 2 heterocycles. The van der Waals surface area contributed by atoms with E-state index in [-0.39, 0.29) is 5.92 Å². The molecule has 1 saturated heterocycles. The Morgan fingerprint density at radius 2 is 2.12 bits per heavy atom. The monoisotopic (exact) mass is 236 g/mol. The van der Waals surface area contributed by atoms with Crippen LogP contribution in [0.15, 0.2) is 12.1 Å². The Morgan fingerprint density at radius 3 is 2.59 bits per heavy atom. The maximum absolute atomic E-state index is 10.8. The van der Waals surface area contributed by atoms with E-state index in [9.17, 15) is 4.79 Å². The molecule has 0 atom stereocenters. The molecular weight excluding hydrogens is 220 g/mol. The summed E-state index contributed by atoms with van der Waals surface area (Å²) in [4.78, 5) is 12.9. The van der Waals surface area contributed by atoms with Gasteiger partial charge in [-0.15, -0.1) is 10.2 Å². The lowest BCUT2D eigenvalue weighted by atomic mass is 9.97. The van der Waals surface area contributed by atoms with Gasteiger partial charge in [-0.05, 0) is 25.0 Å². The van der Waals surface area contributed by atoms with Crippen LogP contribution < -0.4 is 10.2 Å².